The van der Waals surface area contributed by atoms with Crippen molar-refractivity contribution in [2.24, 2.45) is 5.73 Å². The SMILES string of the molecule is NCc1ccc(-c2ccccc2)cc1OCc1ccccc1. The van der Waals surface area contributed by atoms with Crippen LogP contribution in [0.25, 0.3) is 11.1 Å². The third-order valence-electron chi connectivity index (χ3n) is 3.63. The second kappa shape index (κ2) is 6.92. The van der Waals surface area contributed by atoms with E-state index in [1.165, 1.54) is 5.56 Å². The van der Waals surface area contributed by atoms with Crippen molar-refractivity contribution in [2.45, 2.75) is 13.2 Å². The van der Waals surface area contributed by atoms with Gasteiger partial charge in [0.1, 0.15) is 12.4 Å². The van der Waals surface area contributed by atoms with Crippen LogP contribution in [0.2, 0.25) is 0 Å². The highest BCUT2D eigenvalue weighted by molar-refractivity contribution is 5.66. The minimum atomic E-state index is 0.471. The molecule has 3 rings (SSSR count). The molecule has 0 radical (unpaired) electrons. The van der Waals surface area contributed by atoms with E-state index in [1.807, 2.05) is 42.5 Å². The summed E-state index contributed by atoms with van der Waals surface area (Å²) in [5, 5.41) is 0. The third-order valence-corrected chi connectivity index (χ3v) is 3.63. The summed E-state index contributed by atoms with van der Waals surface area (Å²) in [5.74, 6) is 0.854. The van der Waals surface area contributed by atoms with Crippen LogP contribution in [-0.2, 0) is 13.2 Å². The molecule has 2 N–H and O–H groups in total. The lowest BCUT2D eigenvalue weighted by molar-refractivity contribution is 0.303. The van der Waals surface area contributed by atoms with E-state index in [4.69, 9.17) is 10.5 Å². The van der Waals surface area contributed by atoms with Gasteiger partial charge in [-0.2, -0.15) is 0 Å². The molecule has 0 aromatic heterocycles. The van der Waals surface area contributed by atoms with Gasteiger partial charge < -0.3 is 10.5 Å². The van der Waals surface area contributed by atoms with E-state index < -0.39 is 0 Å². The Morgan fingerprint density at radius 1 is 0.727 bits per heavy atom. The number of hydrogen-bond donors (Lipinski definition) is 1. The third kappa shape index (κ3) is 3.35. The Morgan fingerprint density at radius 2 is 1.41 bits per heavy atom. The van der Waals surface area contributed by atoms with Gasteiger partial charge in [0.15, 0.2) is 0 Å². The summed E-state index contributed by atoms with van der Waals surface area (Å²) in [6.45, 7) is 1.02. The van der Waals surface area contributed by atoms with Gasteiger partial charge >= 0.3 is 0 Å². The molecule has 2 nitrogen and oxygen atoms in total. The average molecular weight is 289 g/mol. The molecular formula is C20H19NO. The molecule has 0 fully saturated rings. The highest BCUT2D eigenvalue weighted by Crippen LogP contribution is 2.27. The summed E-state index contributed by atoms with van der Waals surface area (Å²) in [6.07, 6.45) is 0. The Labute approximate surface area is 131 Å². The summed E-state index contributed by atoms with van der Waals surface area (Å²) >= 11 is 0. The van der Waals surface area contributed by atoms with E-state index in [1.54, 1.807) is 0 Å². The van der Waals surface area contributed by atoms with Crippen molar-refractivity contribution in [3.05, 3.63) is 90.0 Å². The first kappa shape index (κ1) is 14.4. The fourth-order valence-electron chi connectivity index (χ4n) is 2.40. The van der Waals surface area contributed by atoms with Crippen LogP contribution in [0.5, 0.6) is 5.75 Å². The first-order chi connectivity index (χ1) is 10.9. The summed E-state index contributed by atoms with van der Waals surface area (Å²) in [4.78, 5) is 0. The van der Waals surface area contributed by atoms with Crippen molar-refractivity contribution in [1.82, 2.24) is 0 Å². The van der Waals surface area contributed by atoms with Crippen molar-refractivity contribution in [3.63, 3.8) is 0 Å². The van der Waals surface area contributed by atoms with Crippen LogP contribution < -0.4 is 10.5 Å². The zero-order valence-electron chi connectivity index (χ0n) is 12.4. The van der Waals surface area contributed by atoms with Crippen molar-refractivity contribution in [2.75, 3.05) is 0 Å². The second-order valence-corrected chi connectivity index (χ2v) is 5.17. The number of ether oxygens (including phenoxy) is 1. The quantitative estimate of drug-likeness (QED) is 0.756. The zero-order chi connectivity index (χ0) is 15.2. The van der Waals surface area contributed by atoms with Crippen LogP contribution in [0.1, 0.15) is 11.1 Å². The van der Waals surface area contributed by atoms with Gasteiger partial charge in [-0.1, -0.05) is 72.8 Å². The minimum Gasteiger partial charge on any atom is -0.489 e. The van der Waals surface area contributed by atoms with Gasteiger partial charge in [-0.05, 0) is 22.8 Å². The molecule has 2 heteroatoms. The number of rotatable bonds is 5. The molecule has 0 saturated heterocycles. The van der Waals surface area contributed by atoms with E-state index in [9.17, 15) is 0 Å². The Bertz CT molecular complexity index is 723. The monoisotopic (exact) mass is 289 g/mol. The maximum absolute atomic E-state index is 6.00. The van der Waals surface area contributed by atoms with Gasteiger partial charge in [-0.3, -0.25) is 0 Å². The summed E-state index contributed by atoms with van der Waals surface area (Å²) in [7, 11) is 0. The zero-order valence-corrected chi connectivity index (χ0v) is 12.4. The Balaban J connectivity index is 1.85. The molecule has 0 bridgehead atoms. The maximum Gasteiger partial charge on any atom is 0.124 e. The van der Waals surface area contributed by atoms with Crippen LogP contribution in [0.4, 0.5) is 0 Å². The minimum absolute atomic E-state index is 0.471. The molecule has 3 aromatic rings. The molecule has 0 unspecified atom stereocenters. The summed E-state index contributed by atoms with van der Waals surface area (Å²) < 4.78 is 6.00. The van der Waals surface area contributed by atoms with Crippen molar-refractivity contribution in [1.29, 1.82) is 0 Å². The Kier molecular flexibility index (Phi) is 4.52. The first-order valence-electron chi connectivity index (χ1n) is 7.42. The van der Waals surface area contributed by atoms with E-state index in [2.05, 4.69) is 36.4 Å². The molecule has 0 heterocycles. The normalized spacial score (nSPS) is 10.4. The number of hydrogen-bond acceptors (Lipinski definition) is 2. The first-order valence-corrected chi connectivity index (χ1v) is 7.42. The highest BCUT2D eigenvalue weighted by atomic mass is 16.5. The fourth-order valence-corrected chi connectivity index (χ4v) is 2.40. The van der Waals surface area contributed by atoms with Gasteiger partial charge in [0, 0.05) is 12.1 Å². The smallest absolute Gasteiger partial charge is 0.124 e. The lowest BCUT2D eigenvalue weighted by Crippen LogP contribution is -2.03. The van der Waals surface area contributed by atoms with Crippen molar-refractivity contribution < 1.29 is 4.74 Å². The van der Waals surface area contributed by atoms with E-state index in [-0.39, 0.29) is 0 Å². The van der Waals surface area contributed by atoms with Crippen molar-refractivity contribution in [3.8, 4) is 16.9 Å². The fraction of sp³-hybridized carbons (Fsp3) is 0.100. The molecule has 22 heavy (non-hydrogen) atoms. The van der Waals surface area contributed by atoms with Crippen LogP contribution in [0, 0.1) is 0 Å². The largest absolute Gasteiger partial charge is 0.489 e. The molecule has 0 aliphatic rings. The standard InChI is InChI=1S/C20H19NO/c21-14-19-12-11-18(17-9-5-2-6-10-17)13-20(19)22-15-16-7-3-1-4-8-16/h1-13H,14-15,21H2. The van der Waals surface area contributed by atoms with Gasteiger partial charge in [-0.25, -0.2) is 0 Å². The average Bonchev–Trinajstić information content (AvgIpc) is 2.61. The summed E-state index contributed by atoms with van der Waals surface area (Å²) in [5.41, 5.74) is 10.3. The topological polar surface area (TPSA) is 35.2 Å². The van der Waals surface area contributed by atoms with Gasteiger partial charge in [0.2, 0.25) is 0 Å². The van der Waals surface area contributed by atoms with Crippen LogP contribution in [0.3, 0.4) is 0 Å². The van der Waals surface area contributed by atoms with Gasteiger partial charge in [-0.15, -0.1) is 0 Å². The molecule has 3 aromatic carbocycles. The van der Waals surface area contributed by atoms with Gasteiger partial charge in [0.05, 0.1) is 0 Å². The molecule has 110 valence electrons. The van der Waals surface area contributed by atoms with E-state index in [0.717, 1.165) is 22.4 Å². The Hall–Kier alpha value is -2.58. The second-order valence-electron chi connectivity index (χ2n) is 5.17. The molecule has 0 atom stereocenters. The predicted octanol–water partition coefficient (Wildman–Crippen LogP) is 4.39. The number of benzene rings is 3. The van der Waals surface area contributed by atoms with Crippen LogP contribution >= 0.6 is 0 Å². The van der Waals surface area contributed by atoms with Crippen LogP contribution in [0.15, 0.2) is 78.9 Å². The highest BCUT2D eigenvalue weighted by Gasteiger charge is 2.06. The van der Waals surface area contributed by atoms with Crippen LogP contribution in [-0.4, -0.2) is 0 Å². The molecule has 0 aliphatic heterocycles. The maximum atomic E-state index is 6.00. The molecule has 0 aliphatic carbocycles. The molecule has 0 amide bonds. The molecule has 0 saturated carbocycles. The van der Waals surface area contributed by atoms with E-state index in [0.29, 0.717) is 13.2 Å². The molecular weight excluding hydrogens is 270 g/mol. The lowest BCUT2D eigenvalue weighted by Gasteiger charge is -2.13. The molecule has 0 spiro atoms. The van der Waals surface area contributed by atoms with Crippen molar-refractivity contribution >= 4 is 0 Å². The van der Waals surface area contributed by atoms with Gasteiger partial charge in [0.25, 0.3) is 0 Å². The summed E-state index contributed by atoms with van der Waals surface area (Å²) in [6, 6.07) is 26.6. The van der Waals surface area contributed by atoms with E-state index >= 15 is 0 Å². The predicted molar refractivity (Wildman–Crippen MR) is 90.5 cm³/mol. The number of nitrogens with two attached hydrogens (primary N) is 1. The lowest BCUT2D eigenvalue weighted by atomic mass is 10.0. The Morgan fingerprint density at radius 3 is 2.09 bits per heavy atom.